The van der Waals surface area contributed by atoms with Crippen LogP contribution in [0.15, 0.2) is 24.3 Å². The highest BCUT2D eigenvalue weighted by molar-refractivity contribution is 5.91. The number of carbonyl (C=O) groups excluding carboxylic acids is 1. The second-order valence-electron chi connectivity index (χ2n) is 4.50. The van der Waals surface area contributed by atoms with E-state index < -0.39 is 0 Å². The van der Waals surface area contributed by atoms with Crippen molar-refractivity contribution in [2.24, 2.45) is 0 Å². The summed E-state index contributed by atoms with van der Waals surface area (Å²) in [6, 6.07) is 7.73. The molecule has 1 rings (SSSR count). The van der Waals surface area contributed by atoms with E-state index in [0.29, 0.717) is 6.61 Å². The molecule has 4 heteroatoms. The zero-order chi connectivity index (χ0) is 14.1. The molecule has 0 aliphatic carbocycles. The van der Waals surface area contributed by atoms with Crippen molar-refractivity contribution in [2.75, 3.05) is 38.2 Å². The highest BCUT2D eigenvalue weighted by atomic mass is 16.5. The molecular weight excluding hydrogens is 240 g/mol. The minimum atomic E-state index is -0.106. The summed E-state index contributed by atoms with van der Waals surface area (Å²) in [5.74, 6) is -0.106. The number of likely N-dealkylation sites (N-methyl/N-ethyl adjacent to an activating group) is 1. The molecule has 1 N–H and O–H groups in total. The Bertz CT molecular complexity index is 389. The van der Waals surface area contributed by atoms with E-state index in [1.54, 1.807) is 0 Å². The van der Waals surface area contributed by atoms with Crippen LogP contribution in [0, 0.1) is 6.92 Å². The maximum Gasteiger partial charge on any atom is 0.250 e. The quantitative estimate of drug-likeness (QED) is 0.732. The van der Waals surface area contributed by atoms with Gasteiger partial charge in [-0.15, -0.1) is 0 Å². The highest BCUT2D eigenvalue weighted by Crippen LogP contribution is 2.09. The Labute approximate surface area is 115 Å². The SMILES string of the molecule is CCN(CC)CCOCC(=O)Nc1cccc(C)c1. The summed E-state index contributed by atoms with van der Waals surface area (Å²) in [5, 5.41) is 2.82. The topological polar surface area (TPSA) is 41.6 Å². The number of nitrogens with one attached hydrogen (secondary N) is 1. The second kappa shape index (κ2) is 8.67. The van der Waals surface area contributed by atoms with E-state index in [4.69, 9.17) is 4.74 Å². The Morgan fingerprint density at radius 2 is 2.05 bits per heavy atom. The highest BCUT2D eigenvalue weighted by Gasteiger charge is 2.03. The predicted octanol–water partition coefficient (Wildman–Crippen LogP) is 2.29. The summed E-state index contributed by atoms with van der Waals surface area (Å²) in [4.78, 5) is 13.9. The Morgan fingerprint density at radius 1 is 1.32 bits per heavy atom. The number of rotatable bonds is 8. The van der Waals surface area contributed by atoms with Crippen LogP contribution in [-0.4, -0.2) is 43.7 Å². The summed E-state index contributed by atoms with van der Waals surface area (Å²) in [6.07, 6.45) is 0. The van der Waals surface area contributed by atoms with Crippen LogP contribution in [0.25, 0.3) is 0 Å². The number of benzene rings is 1. The molecule has 1 amide bonds. The third-order valence-corrected chi connectivity index (χ3v) is 2.98. The molecule has 1 aromatic rings. The molecule has 0 fully saturated rings. The Hall–Kier alpha value is -1.39. The van der Waals surface area contributed by atoms with Crippen LogP contribution in [0.2, 0.25) is 0 Å². The molecule has 0 spiro atoms. The lowest BCUT2D eigenvalue weighted by atomic mass is 10.2. The first-order chi connectivity index (χ1) is 9.15. The van der Waals surface area contributed by atoms with E-state index in [1.165, 1.54) is 0 Å². The lowest BCUT2D eigenvalue weighted by Crippen LogP contribution is -2.28. The first-order valence-corrected chi connectivity index (χ1v) is 6.82. The predicted molar refractivity (Wildman–Crippen MR) is 78.4 cm³/mol. The van der Waals surface area contributed by atoms with Crippen LogP contribution in [0.5, 0.6) is 0 Å². The molecule has 0 aliphatic heterocycles. The third kappa shape index (κ3) is 6.36. The minimum Gasteiger partial charge on any atom is -0.370 e. The summed E-state index contributed by atoms with van der Waals surface area (Å²) in [7, 11) is 0. The van der Waals surface area contributed by atoms with E-state index in [2.05, 4.69) is 24.1 Å². The maximum absolute atomic E-state index is 11.7. The van der Waals surface area contributed by atoms with Gasteiger partial charge in [-0.05, 0) is 37.7 Å². The smallest absolute Gasteiger partial charge is 0.250 e. The van der Waals surface area contributed by atoms with Gasteiger partial charge in [-0.3, -0.25) is 4.79 Å². The van der Waals surface area contributed by atoms with Crippen molar-refractivity contribution >= 4 is 11.6 Å². The molecule has 0 unspecified atom stereocenters. The van der Waals surface area contributed by atoms with Gasteiger partial charge >= 0.3 is 0 Å². The van der Waals surface area contributed by atoms with Gasteiger partial charge in [0.15, 0.2) is 0 Å². The van der Waals surface area contributed by atoms with Crippen LogP contribution in [0.3, 0.4) is 0 Å². The van der Waals surface area contributed by atoms with Crippen molar-refractivity contribution in [1.82, 2.24) is 4.90 Å². The number of hydrogen-bond acceptors (Lipinski definition) is 3. The number of anilines is 1. The molecule has 0 radical (unpaired) electrons. The average molecular weight is 264 g/mol. The first kappa shape index (κ1) is 15.7. The summed E-state index contributed by atoms with van der Waals surface area (Å²) in [5.41, 5.74) is 1.94. The standard InChI is InChI=1S/C15H24N2O2/c1-4-17(5-2)9-10-19-12-15(18)16-14-8-6-7-13(3)11-14/h6-8,11H,4-5,9-10,12H2,1-3H3,(H,16,18). The normalized spacial score (nSPS) is 10.7. The number of nitrogens with zero attached hydrogens (tertiary/aromatic N) is 1. The number of aryl methyl sites for hydroxylation is 1. The van der Waals surface area contributed by atoms with Gasteiger partial charge in [-0.1, -0.05) is 26.0 Å². The summed E-state index contributed by atoms with van der Waals surface area (Å²) in [6.45, 7) is 9.81. The molecule has 0 aliphatic rings. The van der Waals surface area contributed by atoms with Gasteiger partial charge in [0.2, 0.25) is 5.91 Å². The average Bonchev–Trinajstić information content (AvgIpc) is 2.39. The molecule has 0 saturated heterocycles. The van der Waals surface area contributed by atoms with Gasteiger partial charge in [-0.2, -0.15) is 0 Å². The van der Waals surface area contributed by atoms with Gasteiger partial charge in [0, 0.05) is 12.2 Å². The van der Waals surface area contributed by atoms with Gasteiger partial charge < -0.3 is 15.0 Å². The van der Waals surface area contributed by atoms with E-state index >= 15 is 0 Å². The Morgan fingerprint density at radius 3 is 2.68 bits per heavy atom. The lowest BCUT2D eigenvalue weighted by Gasteiger charge is -2.17. The molecule has 0 atom stereocenters. The Kier molecular flexibility index (Phi) is 7.15. The van der Waals surface area contributed by atoms with Crippen LogP contribution in [0.4, 0.5) is 5.69 Å². The van der Waals surface area contributed by atoms with Crippen LogP contribution < -0.4 is 5.32 Å². The van der Waals surface area contributed by atoms with Gasteiger partial charge in [0.25, 0.3) is 0 Å². The zero-order valence-electron chi connectivity index (χ0n) is 12.1. The number of carbonyl (C=O) groups is 1. The van der Waals surface area contributed by atoms with Gasteiger partial charge in [0.05, 0.1) is 6.61 Å². The van der Waals surface area contributed by atoms with Crippen molar-refractivity contribution < 1.29 is 9.53 Å². The molecule has 0 saturated carbocycles. The summed E-state index contributed by atoms with van der Waals surface area (Å²) < 4.78 is 5.38. The molecule has 0 heterocycles. The zero-order valence-corrected chi connectivity index (χ0v) is 12.1. The summed E-state index contributed by atoms with van der Waals surface area (Å²) >= 11 is 0. The van der Waals surface area contributed by atoms with Crippen molar-refractivity contribution in [2.45, 2.75) is 20.8 Å². The largest absolute Gasteiger partial charge is 0.370 e. The molecule has 4 nitrogen and oxygen atoms in total. The molecule has 19 heavy (non-hydrogen) atoms. The van der Waals surface area contributed by atoms with Crippen LogP contribution in [0.1, 0.15) is 19.4 Å². The van der Waals surface area contributed by atoms with E-state index in [9.17, 15) is 4.79 Å². The number of hydrogen-bond donors (Lipinski definition) is 1. The molecular formula is C15H24N2O2. The lowest BCUT2D eigenvalue weighted by molar-refractivity contribution is -0.120. The van der Waals surface area contributed by atoms with E-state index in [-0.39, 0.29) is 12.5 Å². The first-order valence-electron chi connectivity index (χ1n) is 6.82. The molecule has 106 valence electrons. The van der Waals surface area contributed by atoms with E-state index in [0.717, 1.165) is 30.9 Å². The molecule has 1 aromatic carbocycles. The van der Waals surface area contributed by atoms with Gasteiger partial charge in [-0.25, -0.2) is 0 Å². The number of ether oxygens (including phenoxy) is 1. The van der Waals surface area contributed by atoms with Crippen molar-refractivity contribution in [3.05, 3.63) is 29.8 Å². The fourth-order valence-electron chi connectivity index (χ4n) is 1.82. The Balaban J connectivity index is 2.21. The van der Waals surface area contributed by atoms with Crippen LogP contribution in [-0.2, 0) is 9.53 Å². The number of amides is 1. The fraction of sp³-hybridized carbons (Fsp3) is 0.533. The third-order valence-electron chi connectivity index (χ3n) is 2.98. The van der Waals surface area contributed by atoms with Crippen molar-refractivity contribution in [3.8, 4) is 0 Å². The van der Waals surface area contributed by atoms with Gasteiger partial charge in [0.1, 0.15) is 6.61 Å². The molecule has 0 bridgehead atoms. The molecule has 0 aromatic heterocycles. The van der Waals surface area contributed by atoms with E-state index in [1.807, 2.05) is 31.2 Å². The van der Waals surface area contributed by atoms with Crippen LogP contribution >= 0.6 is 0 Å². The maximum atomic E-state index is 11.7. The fourth-order valence-corrected chi connectivity index (χ4v) is 1.82. The van der Waals surface area contributed by atoms with Crippen molar-refractivity contribution in [1.29, 1.82) is 0 Å². The second-order valence-corrected chi connectivity index (χ2v) is 4.50. The minimum absolute atomic E-state index is 0.106. The monoisotopic (exact) mass is 264 g/mol. The van der Waals surface area contributed by atoms with Crippen molar-refractivity contribution in [3.63, 3.8) is 0 Å².